The lowest BCUT2D eigenvalue weighted by atomic mass is 10.1. The third-order valence-corrected chi connectivity index (χ3v) is 4.46. The molecule has 2 atom stereocenters. The number of carbonyl (C=O) groups excluding carboxylic acids is 1. The molecule has 25 heavy (non-hydrogen) atoms. The molecule has 1 saturated heterocycles. The van der Waals surface area contributed by atoms with Crippen molar-refractivity contribution in [2.24, 2.45) is 0 Å². The van der Waals surface area contributed by atoms with E-state index in [0.717, 1.165) is 19.5 Å². The van der Waals surface area contributed by atoms with Crippen LogP contribution in [0.2, 0.25) is 0 Å². The highest BCUT2D eigenvalue weighted by Crippen LogP contribution is 2.11. The number of β-amino-alcohol motifs (C(OH)–C–C–N with tert-alkyl or cyclic N) is 1. The number of aliphatic hydroxyl groups is 1. The zero-order valence-electron chi connectivity index (χ0n) is 15.3. The lowest BCUT2D eigenvalue weighted by Gasteiger charge is -2.36. The van der Waals surface area contributed by atoms with Crippen LogP contribution in [0.1, 0.15) is 23.7 Å². The van der Waals surface area contributed by atoms with Crippen molar-refractivity contribution in [2.45, 2.75) is 25.6 Å². The van der Waals surface area contributed by atoms with E-state index >= 15 is 0 Å². The number of nitrogens with zero attached hydrogens (tertiary/aromatic N) is 2. The van der Waals surface area contributed by atoms with E-state index in [-0.39, 0.29) is 18.1 Å². The monoisotopic (exact) mass is 350 g/mol. The highest BCUT2D eigenvalue weighted by molar-refractivity contribution is 5.94. The normalized spacial score (nSPS) is 19.6. The lowest BCUT2D eigenvalue weighted by Crippen LogP contribution is -2.50. The van der Waals surface area contributed by atoms with E-state index in [1.165, 1.54) is 0 Å². The largest absolute Gasteiger partial charge is 0.392 e. The second-order valence-corrected chi connectivity index (χ2v) is 6.42. The molecule has 0 aliphatic carbocycles. The molecular weight excluding hydrogens is 320 g/mol. The molecule has 1 heterocycles. The number of ether oxygens (including phenoxy) is 2. The quantitative estimate of drug-likeness (QED) is 0.726. The van der Waals surface area contributed by atoms with Crippen molar-refractivity contribution < 1.29 is 19.4 Å². The molecule has 0 saturated carbocycles. The van der Waals surface area contributed by atoms with E-state index in [2.05, 4.69) is 4.90 Å². The smallest absolute Gasteiger partial charge is 0.254 e. The molecule has 1 aromatic rings. The molecule has 1 amide bonds. The first-order chi connectivity index (χ1) is 12.1. The van der Waals surface area contributed by atoms with Gasteiger partial charge in [0, 0.05) is 45.4 Å². The van der Waals surface area contributed by atoms with Crippen LogP contribution in [0.3, 0.4) is 0 Å². The van der Waals surface area contributed by atoms with Gasteiger partial charge < -0.3 is 19.5 Å². The Hall–Kier alpha value is -1.47. The number of methoxy groups -OCH3 is 1. The van der Waals surface area contributed by atoms with E-state index < -0.39 is 0 Å². The molecule has 2 rings (SSSR count). The predicted octanol–water partition coefficient (Wildman–Crippen LogP) is 1.25. The number of rotatable bonds is 9. The van der Waals surface area contributed by atoms with Gasteiger partial charge in [0.2, 0.25) is 0 Å². The van der Waals surface area contributed by atoms with Crippen LogP contribution < -0.4 is 0 Å². The number of hydrogen-bond donors (Lipinski definition) is 1. The van der Waals surface area contributed by atoms with Gasteiger partial charge in [-0.2, -0.15) is 0 Å². The summed E-state index contributed by atoms with van der Waals surface area (Å²) in [4.78, 5) is 16.8. The minimum Gasteiger partial charge on any atom is -0.392 e. The topological polar surface area (TPSA) is 62.2 Å². The van der Waals surface area contributed by atoms with Crippen LogP contribution in [-0.4, -0.2) is 86.1 Å². The first kappa shape index (κ1) is 19.8. The second-order valence-electron chi connectivity index (χ2n) is 6.42. The zero-order chi connectivity index (χ0) is 18.1. The molecule has 1 aliphatic heterocycles. The van der Waals surface area contributed by atoms with Gasteiger partial charge in [0.1, 0.15) is 0 Å². The third-order valence-electron chi connectivity index (χ3n) is 4.46. The Morgan fingerprint density at radius 3 is 2.88 bits per heavy atom. The van der Waals surface area contributed by atoms with E-state index in [4.69, 9.17) is 9.47 Å². The molecule has 1 aliphatic rings. The predicted molar refractivity (Wildman–Crippen MR) is 96.7 cm³/mol. The van der Waals surface area contributed by atoms with Gasteiger partial charge in [-0.1, -0.05) is 25.1 Å². The number of aliphatic hydroxyl groups excluding tert-OH is 1. The van der Waals surface area contributed by atoms with Crippen LogP contribution in [0, 0.1) is 0 Å². The summed E-state index contributed by atoms with van der Waals surface area (Å²) >= 11 is 0. The Morgan fingerprint density at radius 2 is 2.20 bits per heavy atom. The summed E-state index contributed by atoms with van der Waals surface area (Å²) in [6, 6.07) is 9.29. The molecule has 0 aromatic heterocycles. The highest BCUT2D eigenvalue weighted by atomic mass is 16.5. The van der Waals surface area contributed by atoms with Crippen LogP contribution in [0.5, 0.6) is 0 Å². The number of carbonyl (C=O) groups is 1. The van der Waals surface area contributed by atoms with Crippen LogP contribution in [-0.2, 0) is 9.47 Å². The van der Waals surface area contributed by atoms with E-state index in [1.807, 2.05) is 37.3 Å². The molecule has 0 bridgehead atoms. The molecule has 0 spiro atoms. The summed E-state index contributed by atoms with van der Waals surface area (Å²) in [5, 5.41) is 9.87. The number of morpholine rings is 1. The van der Waals surface area contributed by atoms with Gasteiger partial charge in [-0.15, -0.1) is 0 Å². The van der Waals surface area contributed by atoms with E-state index in [1.54, 1.807) is 12.0 Å². The average Bonchev–Trinajstić information content (AvgIpc) is 2.65. The summed E-state index contributed by atoms with van der Waals surface area (Å²) in [7, 11) is 1.64. The fraction of sp³-hybridized carbons (Fsp3) is 0.632. The van der Waals surface area contributed by atoms with Crippen molar-refractivity contribution in [2.75, 3.05) is 53.0 Å². The van der Waals surface area contributed by atoms with Crippen LogP contribution in [0.4, 0.5) is 0 Å². The number of benzene rings is 1. The van der Waals surface area contributed by atoms with Crippen molar-refractivity contribution in [3.63, 3.8) is 0 Å². The van der Waals surface area contributed by atoms with Crippen molar-refractivity contribution in [3.8, 4) is 0 Å². The van der Waals surface area contributed by atoms with Crippen molar-refractivity contribution in [1.82, 2.24) is 9.80 Å². The van der Waals surface area contributed by atoms with Crippen LogP contribution >= 0.6 is 0 Å². The van der Waals surface area contributed by atoms with E-state index in [9.17, 15) is 9.90 Å². The summed E-state index contributed by atoms with van der Waals surface area (Å²) in [5.74, 6) is -0.00744. The first-order valence-corrected chi connectivity index (χ1v) is 8.99. The summed E-state index contributed by atoms with van der Waals surface area (Å²) < 4.78 is 11.0. The maximum Gasteiger partial charge on any atom is 0.254 e. The highest BCUT2D eigenvalue weighted by Gasteiger charge is 2.26. The molecule has 6 heteroatoms. The van der Waals surface area contributed by atoms with Gasteiger partial charge in [-0.05, 0) is 18.6 Å². The van der Waals surface area contributed by atoms with Crippen LogP contribution in [0.15, 0.2) is 30.3 Å². The van der Waals surface area contributed by atoms with Crippen molar-refractivity contribution >= 4 is 5.91 Å². The Kier molecular flexibility index (Phi) is 8.34. The van der Waals surface area contributed by atoms with Crippen molar-refractivity contribution in [3.05, 3.63) is 35.9 Å². The first-order valence-electron chi connectivity index (χ1n) is 8.99. The van der Waals surface area contributed by atoms with Gasteiger partial charge in [0.15, 0.2) is 0 Å². The van der Waals surface area contributed by atoms with Gasteiger partial charge in [-0.3, -0.25) is 9.69 Å². The molecule has 1 fully saturated rings. The molecular formula is C19H30N2O4. The van der Waals surface area contributed by atoms with Gasteiger partial charge >= 0.3 is 0 Å². The summed E-state index contributed by atoms with van der Waals surface area (Å²) in [6.45, 7) is 6.34. The second kappa shape index (κ2) is 10.5. The van der Waals surface area contributed by atoms with Crippen LogP contribution in [0.25, 0.3) is 0 Å². The standard InChI is InChI=1S/C19H30N2O4/c1-3-17(22)13-20-9-12-25-18(14-20)15-21(10-11-24-2)19(23)16-7-5-4-6-8-16/h4-8,17-18,22H,3,9-15H2,1-2H3/t17-,18-/m0/s1. The minimum atomic E-state index is -0.311. The zero-order valence-corrected chi connectivity index (χ0v) is 15.3. The SMILES string of the molecule is CC[C@H](O)CN1CCO[C@H](CN(CCOC)C(=O)c2ccccc2)C1. The lowest BCUT2D eigenvalue weighted by molar-refractivity contribution is -0.0517. The fourth-order valence-corrected chi connectivity index (χ4v) is 2.97. The molecule has 0 radical (unpaired) electrons. The van der Waals surface area contributed by atoms with E-state index in [0.29, 0.717) is 38.4 Å². The number of amides is 1. The Labute approximate surface area is 150 Å². The Balaban J connectivity index is 1.97. The molecule has 6 nitrogen and oxygen atoms in total. The molecule has 140 valence electrons. The maximum absolute atomic E-state index is 12.8. The maximum atomic E-state index is 12.8. The number of hydrogen-bond acceptors (Lipinski definition) is 5. The third kappa shape index (κ3) is 6.40. The molecule has 1 aromatic carbocycles. The van der Waals surface area contributed by atoms with Gasteiger partial charge in [0.05, 0.1) is 25.4 Å². The Bertz CT molecular complexity index is 511. The molecule has 0 unspecified atom stereocenters. The fourth-order valence-electron chi connectivity index (χ4n) is 2.97. The minimum absolute atomic E-state index is 0.00744. The summed E-state index contributed by atoms with van der Waals surface area (Å²) in [5.41, 5.74) is 0.674. The van der Waals surface area contributed by atoms with Gasteiger partial charge in [0.25, 0.3) is 5.91 Å². The summed E-state index contributed by atoms with van der Waals surface area (Å²) in [6.07, 6.45) is 0.380. The van der Waals surface area contributed by atoms with Gasteiger partial charge in [-0.25, -0.2) is 0 Å². The Morgan fingerprint density at radius 1 is 1.44 bits per heavy atom. The average molecular weight is 350 g/mol. The molecule has 1 N–H and O–H groups in total. The van der Waals surface area contributed by atoms with Crippen molar-refractivity contribution in [1.29, 1.82) is 0 Å².